The predicted octanol–water partition coefficient (Wildman–Crippen LogP) is 2.31. The van der Waals surface area contributed by atoms with Gasteiger partial charge in [0.25, 0.3) is 0 Å². The van der Waals surface area contributed by atoms with Crippen LogP contribution in [0.1, 0.15) is 25.3 Å². The summed E-state index contributed by atoms with van der Waals surface area (Å²) in [6.07, 6.45) is 5.97. The Kier molecular flexibility index (Phi) is 4.77. The van der Waals surface area contributed by atoms with Crippen LogP contribution in [0, 0.1) is 0 Å². The first kappa shape index (κ1) is 12.8. The van der Waals surface area contributed by atoms with Crippen LogP contribution < -0.4 is 5.32 Å². The van der Waals surface area contributed by atoms with Crippen molar-refractivity contribution in [2.45, 2.75) is 32.4 Å². The zero-order valence-corrected chi connectivity index (χ0v) is 11.1. The van der Waals surface area contributed by atoms with Gasteiger partial charge in [-0.2, -0.15) is 0 Å². The molecule has 1 aromatic heterocycles. The molecule has 1 unspecified atom stereocenters. The maximum atomic E-state index is 6.17. The van der Waals surface area contributed by atoms with Crippen LogP contribution in [0.5, 0.6) is 0 Å². The summed E-state index contributed by atoms with van der Waals surface area (Å²) in [5, 5.41) is 4.20. The second-order valence-corrected chi connectivity index (χ2v) is 4.99. The Bertz CT molecular complexity index is 350. The molecular formula is C13H20ClN3. The van der Waals surface area contributed by atoms with Gasteiger partial charge in [-0.05, 0) is 37.6 Å². The molecule has 0 radical (unpaired) electrons. The first-order valence-electron chi connectivity index (χ1n) is 6.34. The van der Waals surface area contributed by atoms with E-state index in [1.165, 1.54) is 18.4 Å². The Morgan fingerprint density at radius 3 is 3.12 bits per heavy atom. The van der Waals surface area contributed by atoms with Gasteiger partial charge in [0.2, 0.25) is 0 Å². The SMILES string of the molecule is CCCN(Cc1ccncc1Cl)C1CCNC1. The highest BCUT2D eigenvalue weighted by molar-refractivity contribution is 6.31. The average Bonchev–Trinajstić information content (AvgIpc) is 2.85. The zero-order chi connectivity index (χ0) is 12.1. The monoisotopic (exact) mass is 253 g/mol. The Balaban J connectivity index is 2.04. The highest BCUT2D eigenvalue weighted by Crippen LogP contribution is 2.19. The molecule has 3 nitrogen and oxygen atoms in total. The Labute approximate surface area is 108 Å². The van der Waals surface area contributed by atoms with Crippen molar-refractivity contribution in [2.24, 2.45) is 0 Å². The van der Waals surface area contributed by atoms with Crippen LogP contribution in [0.4, 0.5) is 0 Å². The Morgan fingerprint density at radius 2 is 2.47 bits per heavy atom. The highest BCUT2D eigenvalue weighted by atomic mass is 35.5. The third-order valence-electron chi connectivity index (χ3n) is 3.29. The molecule has 0 aliphatic carbocycles. The molecular weight excluding hydrogens is 234 g/mol. The van der Waals surface area contributed by atoms with Gasteiger partial charge in [0.1, 0.15) is 0 Å². The molecule has 1 N–H and O–H groups in total. The van der Waals surface area contributed by atoms with Crippen molar-refractivity contribution in [3.63, 3.8) is 0 Å². The molecule has 17 heavy (non-hydrogen) atoms. The molecule has 0 amide bonds. The van der Waals surface area contributed by atoms with Crippen LogP contribution >= 0.6 is 11.6 Å². The summed E-state index contributed by atoms with van der Waals surface area (Å²) >= 11 is 6.17. The summed E-state index contributed by atoms with van der Waals surface area (Å²) < 4.78 is 0. The fourth-order valence-electron chi connectivity index (χ4n) is 2.38. The van der Waals surface area contributed by atoms with E-state index >= 15 is 0 Å². The molecule has 1 aliphatic rings. The third kappa shape index (κ3) is 3.41. The van der Waals surface area contributed by atoms with Gasteiger partial charge in [-0.1, -0.05) is 18.5 Å². The van der Waals surface area contributed by atoms with Crippen LogP contribution in [0.15, 0.2) is 18.5 Å². The molecule has 1 fully saturated rings. The fourth-order valence-corrected chi connectivity index (χ4v) is 2.56. The van der Waals surface area contributed by atoms with Crippen molar-refractivity contribution in [2.75, 3.05) is 19.6 Å². The van der Waals surface area contributed by atoms with Gasteiger partial charge >= 0.3 is 0 Å². The topological polar surface area (TPSA) is 28.2 Å². The number of halogens is 1. The summed E-state index contributed by atoms with van der Waals surface area (Å²) in [6, 6.07) is 2.67. The van der Waals surface area contributed by atoms with Gasteiger partial charge < -0.3 is 5.32 Å². The van der Waals surface area contributed by atoms with Gasteiger partial charge in [0, 0.05) is 31.5 Å². The Morgan fingerprint density at radius 1 is 1.59 bits per heavy atom. The maximum absolute atomic E-state index is 6.17. The fraction of sp³-hybridized carbons (Fsp3) is 0.615. The van der Waals surface area contributed by atoms with Crippen LogP contribution in [-0.2, 0) is 6.54 Å². The predicted molar refractivity (Wildman–Crippen MR) is 71.2 cm³/mol. The number of aromatic nitrogens is 1. The summed E-state index contributed by atoms with van der Waals surface area (Å²) in [5.74, 6) is 0. The van der Waals surface area contributed by atoms with Gasteiger partial charge in [0.15, 0.2) is 0 Å². The number of hydrogen-bond acceptors (Lipinski definition) is 3. The minimum absolute atomic E-state index is 0.652. The lowest BCUT2D eigenvalue weighted by molar-refractivity contribution is 0.199. The minimum atomic E-state index is 0.652. The van der Waals surface area contributed by atoms with E-state index in [1.807, 2.05) is 12.3 Å². The molecule has 0 saturated carbocycles. The van der Waals surface area contributed by atoms with Crippen LogP contribution in [0.3, 0.4) is 0 Å². The van der Waals surface area contributed by atoms with Crippen molar-refractivity contribution in [1.82, 2.24) is 15.2 Å². The summed E-state index contributed by atoms with van der Waals surface area (Å²) in [5.41, 5.74) is 1.18. The maximum Gasteiger partial charge on any atom is 0.0634 e. The molecule has 2 rings (SSSR count). The first-order valence-corrected chi connectivity index (χ1v) is 6.72. The lowest BCUT2D eigenvalue weighted by atomic mass is 10.1. The van der Waals surface area contributed by atoms with Crippen molar-refractivity contribution in [3.8, 4) is 0 Å². The van der Waals surface area contributed by atoms with E-state index in [-0.39, 0.29) is 0 Å². The zero-order valence-electron chi connectivity index (χ0n) is 10.3. The average molecular weight is 254 g/mol. The molecule has 1 aromatic rings. The number of hydrogen-bond donors (Lipinski definition) is 1. The van der Waals surface area contributed by atoms with Crippen LogP contribution in [0.25, 0.3) is 0 Å². The van der Waals surface area contributed by atoms with Crippen LogP contribution in [0.2, 0.25) is 5.02 Å². The molecule has 0 aromatic carbocycles. The molecule has 1 atom stereocenters. The summed E-state index contributed by atoms with van der Waals surface area (Å²) in [4.78, 5) is 6.56. The van der Waals surface area contributed by atoms with Crippen molar-refractivity contribution in [3.05, 3.63) is 29.0 Å². The highest BCUT2D eigenvalue weighted by Gasteiger charge is 2.22. The van der Waals surface area contributed by atoms with Crippen LogP contribution in [-0.4, -0.2) is 35.6 Å². The molecule has 2 heterocycles. The van der Waals surface area contributed by atoms with Crippen molar-refractivity contribution in [1.29, 1.82) is 0 Å². The number of pyridine rings is 1. The second-order valence-electron chi connectivity index (χ2n) is 4.58. The first-order chi connectivity index (χ1) is 8.31. The molecule has 1 saturated heterocycles. The van der Waals surface area contributed by atoms with E-state index in [1.54, 1.807) is 6.20 Å². The Hall–Kier alpha value is -0.640. The third-order valence-corrected chi connectivity index (χ3v) is 3.63. The summed E-state index contributed by atoms with van der Waals surface area (Å²) in [7, 11) is 0. The van der Waals surface area contributed by atoms with E-state index in [0.717, 1.165) is 31.2 Å². The van der Waals surface area contributed by atoms with E-state index < -0.39 is 0 Å². The summed E-state index contributed by atoms with van der Waals surface area (Å²) in [6.45, 7) is 6.52. The lowest BCUT2D eigenvalue weighted by Crippen LogP contribution is -2.37. The second kappa shape index (κ2) is 6.34. The largest absolute Gasteiger partial charge is 0.315 e. The molecule has 94 valence electrons. The minimum Gasteiger partial charge on any atom is -0.315 e. The van der Waals surface area contributed by atoms with Gasteiger partial charge in [-0.3, -0.25) is 9.88 Å². The standard InChI is InChI=1S/C13H20ClN3/c1-2-7-17(12-4-6-15-8-12)10-11-3-5-16-9-13(11)14/h3,5,9,12,15H,2,4,6-8,10H2,1H3. The molecule has 4 heteroatoms. The number of nitrogens with one attached hydrogen (secondary N) is 1. The number of nitrogens with zero attached hydrogens (tertiary/aromatic N) is 2. The molecule has 1 aliphatic heterocycles. The lowest BCUT2D eigenvalue weighted by Gasteiger charge is -2.28. The van der Waals surface area contributed by atoms with Gasteiger partial charge in [-0.25, -0.2) is 0 Å². The molecule has 0 bridgehead atoms. The van der Waals surface area contributed by atoms with E-state index in [9.17, 15) is 0 Å². The molecule has 0 spiro atoms. The normalized spacial score (nSPS) is 20.1. The number of rotatable bonds is 5. The quantitative estimate of drug-likeness (QED) is 0.873. The van der Waals surface area contributed by atoms with E-state index in [0.29, 0.717) is 6.04 Å². The van der Waals surface area contributed by atoms with Gasteiger partial charge in [-0.15, -0.1) is 0 Å². The van der Waals surface area contributed by atoms with E-state index in [2.05, 4.69) is 22.1 Å². The van der Waals surface area contributed by atoms with Crippen molar-refractivity contribution < 1.29 is 0 Å². The van der Waals surface area contributed by atoms with Crippen molar-refractivity contribution >= 4 is 11.6 Å². The van der Waals surface area contributed by atoms with Gasteiger partial charge in [0.05, 0.1) is 5.02 Å². The van der Waals surface area contributed by atoms with E-state index in [4.69, 9.17) is 11.6 Å². The smallest absolute Gasteiger partial charge is 0.0634 e.